The van der Waals surface area contributed by atoms with Crippen molar-refractivity contribution in [3.63, 3.8) is 0 Å². The van der Waals surface area contributed by atoms with Gasteiger partial charge in [0.25, 0.3) is 0 Å². The maximum atomic E-state index is 6.00. The Morgan fingerprint density at radius 3 is 2.50 bits per heavy atom. The largest absolute Gasteiger partial charge is 0.338 e. The Labute approximate surface area is 147 Å². The summed E-state index contributed by atoms with van der Waals surface area (Å²) in [7, 11) is 2.04. The van der Waals surface area contributed by atoms with Gasteiger partial charge in [0.05, 0.1) is 6.54 Å². The quantitative estimate of drug-likeness (QED) is 0.658. The smallest absolute Gasteiger partial charge is 0.241 e. The minimum Gasteiger partial charge on any atom is -0.338 e. The van der Waals surface area contributed by atoms with Crippen molar-refractivity contribution in [3.05, 3.63) is 70.6 Å². The predicted molar refractivity (Wildman–Crippen MR) is 95.7 cm³/mol. The third-order valence-electron chi connectivity index (χ3n) is 3.84. The van der Waals surface area contributed by atoms with Gasteiger partial charge in [-0.05, 0) is 36.7 Å². The average molecular weight is 342 g/mol. The molecule has 0 aliphatic heterocycles. The zero-order valence-corrected chi connectivity index (χ0v) is 14.6. The lowest BCUT2D eigenvalue weighted by Crippen LogP contribution is -2.17. The van der Waals surface area contributed by atoms with E-state index in [9.17, 15) is 0 Å². The topological polar surface area (TPSA) is 42.2 Å². The van der Waals surface area contributed by atoms with Gasteiger partial charge in [-0.2, -0.15) is 4.98 Å². The lowest BCUT2D eigenvalue weighted by atomic mass is 10.1. The van der Waals surface area contributed by atoms with Crippen molar-refractivity contribution in [3.8, 4) is 11.4 Å². The van der Waals surface area contributed by atoms with Crippen molar-refractivity contribution >= 4 is 11.6 Å². The summed E-state index contributed by atoms with van der Waals surface area (Å²) in [4.78, 5) is 6.60. The van der Waals surface area contributed by atoms with Crippen molar-refractivity contribution < 1.29 is 4.52 Å². The van der Waals surface area contributed by atoms with E-state index in [0.29, 0.717) is 23.3 Å². The molecule has 4 nitrogen and oxygen atoms in total. The highest BCUT2D eigenvalue weighted by atomic mass is 35.5. The van der Waals surface area contributed by atoms with Crippen LogP contribution < -0.4 is 0 Å². The highest BCUT2D eigenvalue weighted by molar-refractivity contribution is 6.30. The normalized spacial score (nSPS) is 11.2. The van der Waals surface area contributed by atoms with Gasteiger partial charge in [-0.1, -0.05) is 60.1 Å². The lowest BCUT2D eigenvalue weighted by Gasteiger charge is -2.14. The molecule has 0 amide bonds. The molecule has 0 saturated carbocycles. The van der Waals surface area contributed by atoms with Crippen LogP contribution in [-0.4, -0.2) is 22.1 Å². The van der Waals surface area contributed by atoms with Crippen molar-refractivity contribution in [2.45, 2.75) is 26.4 Å². The number of hydrogen-bond donors (Lipinski definition) is 0. The summed E-state index contributed by atoms with van der Waals surface area (Å²) in [5.41, 5.74) is 3.48. The molecule has 0 atom stereocenters. The first kappa shape index (κ1) is 16.7. The standard InChI is InChI=1S/C19H20ClN3O/c1-3-14-7-9-15(10-8-14)12-23(2)13-18-21-19(22-24-18)16-5-4-6-17(20)11-16/h4-11H,3,12-13H2,1-2H3. The van der Waals surface area contributed by atoms with Gasteiger partial charge in [0.15, 0.2) is 0 Å². The molecule has 1 aromatic heterocycles. The molecule has 24 heavy (non-hydrogen) atoms. The van der Waals surface area contributed by atoms with Crippen molar-refractivity contribution in [2.24, 2.45) is 0 Å². The average Bonchev–Trinajstić information content (AvgIpc) is 3.04. The van der Waals surface area contributed by atoms with Crippen LogP contribution in [0.15, 0.2) is 53.1 Å². The SMILES string of the molecule is CCc1ccc(CN(C)Cc2nc(-c3cccc(Cl)c3)no2)cc1. The van der Waals surface area contributed by atoms with Crippen molar-refractivity contribution in [1.82, 2.24) is 15.0 Å². The van der Waals surface area contributed by atoms with E-state index in [1.54, 1.807) is 0 Å². The second-order valence-electron chi connectivity index (χ2n) is 5.86. The summed E-state index contributed by atoms with van der Waals surface area (Å²) in [6, 6.07) is 16.1. The number of nitrogens with zero attached hydrogens (tertiary/aromatic N) is 3. The number of hydrogen-bond acceptors (Lipinski definition) is 4. The van der Waals surface area contributed by atoms with E-state index in [1.165, 1.54) is 11.1 Å². The molecular formula is C19H20ClN3O. The van der Waals surface area contributed by atoms with Gasteiger partial charge in [0.2, 0.25) is 11.7 Å². The fourth-order valence-corrected chi connectivity index (χ4v) is 2.73. The van der Waals surface area contributed by atoms with E-state index in [-0.39, 0.29) is 0 Å². The molecule has 0 unspecified atom stereocenters. The van der Waals surface area contributed by atoms with Gasteiger partial charge >= 0.3 is 0 Å². The van der Waals surface area contributed by atoms with E-state index in [1.807, 2.05) is 31.3 Å². The van der Waals surface area contributed by atoms with Gasteiger partial charge in [-0.3, -0.25) is 4.90 Å². The van der Waals surface area contributed by atoms with E-state index in [2.05, 4.69) is 46.2 Å². The van der Waals surface area contributed by atoms with Crippen LogP contribution in [-0.2, 0) is 19.5 Å². The molecule has 1 heterocycles. The van der Waals surface area contributed by atoms with Gasteiger partial charge in [-0.15, -0.1) is 0 Å². The molecule has 0 radical (unpaired) electrons. The Kier molecular flexibility index (Phi) is 5.28. The van der Waals surface area contributed by atoms with E-state index < -0.39 is 0 Å². The first-order valence-electron chi connectivity index (χ1n) is 7.99. The molecular weight excluding hydrogens is 322 g/mol. The van der Waals surface area contributed by atoms with Crippen LogP contribution in [0, 0.1) is 0 Å². The monoisotopic (exact) mass is 341 g/mol. The fourth-order valence-electron chi connectivity index (χ4n) is 2.54. The lowest BCUT2D eigenvalue weighted by molar-refractivity contribution is 0.261. The van der Waals surface area contributed by atoms with Gasteiger partial charge in [0, 0.05) is 17.1 Å². The molecule has 0 bridgehead atoms. The van der Waals surface area contributed by atoms with Crippen LogP contribution in [0.4, 0.5) is 0 Å². The predicted octanol–water partition coefficient (Wildman–Crippen LogP) is 4.58. The third-order valence-corrected chi connectivity index (χ3v) is 4.07. The Morgan fingerprint density at radius 1 is 1.04 bits per heavy atom. The van der Waals surface area contributed by atoms with E-state index in [0.717, 1.165) is 18.5 Å². The number of halogens is 1. The van der Waals surface area contributed by atoms with Crippen LogP contribution in [0.3, 0.4) is 0 Å². The first-order valence-corrected chi connectivity index (χ1v) is 8.36. The summed E-state index contributed by atoms with van der Waals surface area (Å²) in [5.74, 6) is 1.16. The number of aromatic nitrogens is 2. The molecule has 5 heteroatoms. The fraction of sp³-hybridized carbons (Fsp3) is 0.263. The summed E-state index contributed by atoms with van der Waals surface area (Å²) in [6.45, 7) is 3.59. The Morgan fingerprint density at radius 2 is 1.79 bits per heavy atom. The zero-order chi connectivity index (χ0) is 16.9. The maximum absolute atomic E-state index is 6.00. The molecule has 0 aliphatic carbocycles. The van der Waals surface area contributed by atoms with Crippen LogP contribution in [0.5, 0.6) is 0 Å². The molecule has 0 saturated heterocycles. The minimum absolute atomic E-state index is 0.563. The Balaban J connectivity index is 1.63. The van der Waals surface area contributed by atoms with Gasteiger partial charge < -0.3 is 4.52 Å². The summed E-state index contributed by atoms with van der Waals surface area (Å²) >= 11 is 6.00. The second kappa shape index (κ2) is 7.60. The zero-order valence-electron chi connectivity index (χ0n) is 13.9. The highest BCUT2D eigenvalue weighted by Gasteiger charge is 2.11. The number of rotatable bonds is 6. The molecule has 0 spiro atoms. The van der Waals surface area contributed by atoms with Crippen LogP contribution in [0.1, 0.15) is 23.9 Å². The van der Waals surface area contributed by atoms with Crippen LogP contribution >= 0.6 is 11.6 Å². The maximum Gasteiger partial charge on any atom is 0.241 e. The molecule has 3 rings (SSSR count). The molecule has 3 aromatic rings. The van der Waals surface area contributed by atoms with Crippen molar-refractivity contribution in [2.75, 3.05) is 7.05 Å². The third kappa shape index (κ3) is 4.22. The van der Waals surface area contributed by atoms with Gasteiger partial charge in [0.1, 0.15) is 0 Å². The molecule has 0 fully saturated rings. The highest BCUT2D eigenvalue weighted by Crippen LogP contribution is 2.20. The van der Waals surface area contributed by atoms with Crippen molar-refractivity contribution in [1.29, 1.82) is 0 Å². The van der Waals surface area contributed by atoms with Crippen LogP contribution in [0.2, 0.25) is 5.02 Å². The second-order valence-corrected chi connectivity index (χ2v) is 6.30. The number of aryl methyl sites for hydroxylation is 1. The van der Waals surface area contributed by atoms with Gasteiger partial charge in [-0.25, -0.2) is 0 Å². The first-order chi connectivity index (χ1) is 11.6. The minimum atomic E-state index is 0.563. The Bertz CT molecular complexity index is 798. The molecule has 2 aromatic carbocycles. The molecule has 0 N–H and O–H groups in total. The summed E-state index contributed by atoms with van der Waals surface area (Å²) in [5, 5.41) is 4.70. The summed E-state index contributed by atoms with van der Waals surface area (Å²) < 4.78 is 5.36. The summed E-state index contributed by atoms with van der Waals surface area (Å²) in [6.07, 6.45) is 1.06. The van der Waals surface area contributed by atoms with Crippen LogP contribution in [0.25, 0.3) is 11.4 Å². The number of benzene rings is 2. The molecule has 124 valence electrons. The Hall–Kier alpha value is -2.17. The van der Waals surface area contributed by atoms with E-state index >= 15 is 0 Å². The molecule has 0 aliphatic rings. The van der Waals surface area contributed by atoms with E-state index in [4.69, 9.17) is 16.1 Å².